The average molecular weight is 626 g/mol. The number of benzene rings is 8. The van der Waals surface area contributed by atoms with E-state index < -0.39 is 0 Å². The van der Waals surface area contributed by atoms with Gasteiger partial charge in [-0.2, -0.15) is 0 Å². The van der Waals surface area contributed by atoms with Gasteiger partial charge in [0.2, 0.25) is 0 Å². The van der Waals surface area contributed by atoms with Gasteiger partial charge < -0.3 is 4.42 Å². The highest BCUT2D eigenvalue weighted by molar-refractivity contribution is 6.14. The summed E-state index contributed by atoms with van der Waals surface area (Å²) in [7, 11) is 0. The maximum atomic E-state index is 6.26. The van der Waals surface area contributed by atoms with Crippen LogP contribution in [0.25, 0.3) is 99.5 Å². The van der Waals surface area contributed by atoms with Gasteiger partial charge in [-0.05, 0) is 50.2 Å². The molecule has 0 aliphatic rings. The second-order valence-electron chi connectivity index (χ2n) is 12.4. The summed E-state index contributed by atoms with van der Waals surface area (Å²) in [5.41, 5.74) is 6.78. The Kier molecular flexibility index (Phi) is 6.15. The van der Waals surface area contributed by atoms with Crippen molar-refractivity contribution in [1.82, 2.24) is 15.0 Å². The van der Waals surface area contributed by atoms with E-state index in [1.54, 1.807) is 0 Å². The van der Waals surface area contributed by atoms with Crippen molar-refractivity contribution in [2.45, 2.75) is 0 Å². The lowest BCUT2D eigenvalue weighted by Gasteiger charge is -2.13. The molecule has 0 aliphatic heterocycles. The number of para-hydroxylation sites is 1. The summed E-state index contributed by atoms with van der Waals surface area (Å²) >= 11 is 0. The molecule has 2 aromatic heterocycles. The van der Waals surface area contributed by atoms with E-state index in [4.69, 9.17) is 19.4 Å². The first kappa shape index (κ1) is 27.5. The first-order chi connectivity index (χ1) is 24.3. The van der Waals surface area contributed by atoms with Gasteiger partial charge in [-0.15, -0.1) is 0 Å². The second kappa shape index (κ2) is 11.0. The molecule has 0 N–H and O–H groups in total. The summed E-state index contributed by atoms with van der Waals surface area (Å²) in [6.45, 7) is 0. The predicted molar refractivity (Wildman–Crippen MR) is 201 cm³/mol. The topological polar surface area (TPSA) is 51.8 Å². The Morgan fingerprint density at radius 3 is 1.61 bits per heavy atom. The fourth-order valence-corrected chi connectivity index (χ4v) is 7.23. The molecule has 228 valence electrons. The molecule has 0 saturated heterocycles. The zero-order valence-corrected chi connectivity index (χ0v) is 26.3. The smallest absolute Gasteiger partial charge is 0.164 e. The third-order valence-electron chi connectivity index (χ3n) is 9.53. The van der Waals surface area contributed by atoms with Gasteiger partial charge in [-0.25, -0.2) is 15.0 Å². The molecule has 0 bridgehead atoms. The number of rotatable bonds is 4. The molecule has 0 saturated carbocycles. The molecule has 0 amide bonds. The predicted octanol–water partition coefficient (Wildman–Crippen LogP) is 11.9. The van der Waals surface area contributed by atoms with Gasteiger partial charge in [0.15, 0.2) is 17.5 Å². The number of hydrogen-bond acceptors (Lipinski definition) is 4. The summed E-state index contributed by atoms with van der Waals surface area (Å²) < 4.78 is 6.26. The highest BCUT2D eigenvalue weighted by Gasteiger charge is 2.19. The van der Waals surface area contributed by atoms with Crippen LogP contribution in [-0.4, -0.2) is 15.0 Å². The Balaban J connectivity index is 1.21. The van der Waals surface area contributed by atoms with Crippen LogP contribution in [0.5, 0.6) is 0 Å². The van der Waals surface area contributed by atoms with Crippen molar-refractivity contribution in [3.8, 4) is 45.3 Å². The van der Waals surface area contributed by atoms with Crippen LogP contribution in [0.4, 0.5) is 0 Å². The number of aromatic nitrogens is 3. The largest absolute Gasteiger partial charge is 0.456 e. The quantitative estimate of drug-likeness (QED) is 0.183. The van der Waals surface area contributed by atoms with Crippen LogP contribution >= 0.6 is 0 Å². The summed E-state index contributed by atoms with van der Waals surface area (Å²) in [5, 5.41) is 9.09. The van der Waals surface area contributed by atoms with E-state index in [1.165, 1.54) is 27.1 Å². The highest BCUT2D eigenvalue weighted by Crippen LogP contribution is 2.39. The van der Waals surface area contributed by atoms with Crippen molar-refractivity contribution >= 4 is 54.3 Å². The monoisotopic (exact) mass is 625 g/mol. The molecule has 2 heterocycles. The molecule has 10 rings (SSSR count). The summed E-state index contributed by atoms with van der Waals surface area (Å²) in [5.74, 6) is 1.85. The molecule has 0 radical (unpaired) electrons. The van der Waals surface area contributed by atoms with E-state index in [0.717, 1.165) is 55.0 Å². The molecule has 0 fully saturated rings. The first-order valence-electron chi connectivity index (χ1n) is 16.4. The Labute approximate surface area is 282 Å². The van der Waals surface area contributed by atoms with Gasteiger partial charge in [-0.1, -0.05) is 152 Å². The Morgan fingerprint density at radius 1 is 0.306 bits per heavy atom. The molecule has 0 aliphatic carbocycles. The molecular weight excluding hydrogens is 599 g/mol. The summed E-state index contributed by atoms with van der Waals surface area (Å²) in [6, 6.07) is 56.9. The van der Waals surface area contributed by atoms with Gasteiger partial charge in [-0.3, -0.25) is 0 Å². The highest BCUT2D eigenvalue weighted by atomic mass is 16.3. The number of hydrogen-bond donors (Lipinski definition) is 0. The van der Waals surface area contributed by atoms with E-state index in [0.29, 0.717) is 17.5 Å². The lowest BCUT2D eigenvalue weighted by Crippen LogP contribution is -2.01. The number of furan rings is 1. The van der Waals surface area contributed by atoms with Gasteiger partial charge >= 0.3 is 0 Å². The van der Waals surface area contributed by atoms with Crippen LogP contribution in [0.1, 0.15) is 0 Å². The fourth-order valence-electron chi connectivity index (χ4n) is 7.23. The van der Waals surface area contributed by atoms with Crippen molar-refractivity contribution in [3.05, 3.63) is 164 Å². The number of nitrogens with zero attached hydrogens (tertiary/aromatic N) is 3. The zero-order chi connectivity index (χ0) is 32.3. The van der Waals surface area contributed by atoms with Crippen molar-refractivity contribution in [2.24, 2.45) is 0 Å². The third-order valence-corrected chi connectivity index (χ3v) is 9.53. The van der Waals surface area contributed by atoms with E-state index in [1.807, 2.05) is 30.3 Å². The van der Waals surface area contributed by atoms with Crippen LogP contribution in [0.3, 0.4) is 0 Å². The maximum absolute atomic E-state index is 6.26. The maximum Gasteiger partial charge on any atom is 0.164 e. The molecule has 10 aromatic rings. The normalized spacial score (nSPS) is 11.7. The van der Waals surface area contributed by atoms with Crippen molar-refractivity contribution < 1.29 is 4.42 Å². The second-order valence-corrected chi connectivity index (χ2v) is 12.4. The minimum Gasteiger partial charge on any atom is -0.456 e. The van der Waals surface area contributed by atoms with Crippen LogP contribution in [0.2, 0.25) is 0 Å². The molecule has 49 heavy (non-hydrogen) atoms. The standard InChI is InChI=1S/C45H27N3O/c1-3-14-33-28(10-1)12-7-17-34(33)30-23-26-32(27-24-30)43-46-44(37-18-8-13-31-25-22-29-11-2-4-15-35(29)41(31)37)48-45(47-43)38-19-9-21-40-42(38)36-16-5-6-20-39(36)49-40/h1-27H. The summed E-state index contributed by atoms with van der Waals surface area (Å²) in [4.78, 5) is 15.6. The minimum atomic E-state index is 0.604. The van der Waals surface area contributed by atoms with Crippen molar-refractivity contribution in [2.75, 3.05) is 0 Å². The molecule has 8 aromatic carbocycles. The van der Waals surface area contributed by atoms with Crippen molar-refractivity contribution in [1.29, 1.82) is 0 Å². The SMILES string of the molecule is c1ccc2c(-c3ccc(-c4nc(-c5cccc6ccc7ccccc7c56)nc(-c5cccc6oc7ccccc7c56)n4)cc3)cccc2c1. The van der Waals surface area contributed by atoms with E-state index in [-0.39, 0.29) is 0 Å². The lowest BCUT2D eigenvalue weighted by atomic mass is 9.97. The Morgan fingerprint density at radius 2 is 0.816 bits per heavy atom. The first-order valence-corrected chi connectivity index (χ1v) is 16.4. The molecule has 4 nitrogen and oxygen atoms in total. The van der Waals surface area contributed by atoms with E-state index >= 15 is 0 Å². The Hall–Kier alpha value is -6.65. The summed E-state index contributed by atoms with van der Waals surface area (Å²) in [6.07, 6.45) is 0. The molecule has 4 heteroatoms. The van der Waals surface area contributed by atoms with E-state index in [2.05, 4.69) is 133 Å². The minimum absolute atomic E-state index is 0.604. The average Bonchev–Trinajstić information content (AvgIpc) is 3.56. The van der Waals surface area contributed by atoms with Crippen LogP contribution in [0.15, 0.2) is 168 Å². The zero-order valence-electron chi connectivity index (χ0n) is 26.3. The van der Waals surface area contributed by atoms with Gasteiger partial charge in [0.1, 0.15) is 11.2 Å². The van der Waals surface area contributed by atoms with Crippen LogP contribution in [0, 0.1) is 0 Å². The van der Waals surface area contributed by atoms with Gasteiger partial charge in [0.05, 0.1) is 0 Å². The van der Waals surface area contributed by atoms with E-state index in [9.17, 15) is 0 Å². The van der Waals surface area contributed by atoms with Gasteiger partial charge in [0, 0.05) is 32.8 Å². The molecule has 0 atom stereocenters. The van der Waals surface area contributed by atoms with Crippen LogP contribution < -0.4 is 0 Å². The van der Waals surface area contributed by atoms with Gasteiger partial charge in [0.25, 0.3) is 0 Å². The van der Waals surface area contributed by atoms with Crippen molar-refractivity contribution in [3.63, 3.8) is 0 Å². The number of fused-ring (bicyclic) bond motifs is 7. The van der Waals surface area contributed by atoms with Crippen LogP contribution in [-0.2, 0) is 0 Å². The lowest BCUT2D eigenvalue weighted by molar-refractivity contribution is 0.669. The Bertz CT molecular complexity index is 2880. The molecule has 0 unspecified atom stereocenters. The third kappa shape index (κ3) is 4.49. The molecular formula is C45H27N3O. The molecule has 0 spiro atoms. The fraction of sp³-hybridized carbons (Fsp3) is 0.